The minimum absolute atomic E-state index is 0.148. The molecule has 0 radical (unpaired) electrons. The molecule has 0 amide bonds. The summed E-state index contributed by atoms with van der Waals surface area (Å²) in [4.78, 5) is 4.45. The Kier molecular flexibility index (Phi) is 3.63. The van der Waals surface area contributed by atoms with Crippen LogP contribution in [0.2, 0.25) is 0 Å². The van der Waals surface area contributed by atoms with Gasteiger partial charge in [0.1, 0.15) is 23.1 Å². The summed E-state index contributed by atoms with van der Waals surface area (Å²) in [5.74, 6) is -0.570. The Morgan fingerprint density at radius 1 is 1.19 bits per heavy atom. The van der Waals surface area contributed by atoms with Gasteiger partial charge in [-0.15, -0.1) is 0 Å². The van der Waals surface area contributed by atoms with Gasteiger partial charge in [-0.1, -0.05) is 28.1 Å². The molecule has 1 heterocycles. The smallest absolute Gasteiger partial charge is 0.150 e. The normalized spacial score (nSPS) is 11.0. The number of hydrogen-bond donors (Lipinski definition) is 1. The van der Waals surface area contributed by atoms with Crippen molar-refractivity contribution in [3.8, 4) is 0 Å². The number of halogens is 3. The molecule has 1 aromatic heterocycles. The first-order valence-corrected chi connectivity index (χ1v) is 7.14. The van der Waals surface area contributed by atoms with Crippen molar-refractivity contribution < 1.29 is 8.78 Å². The molecule has 0 saturated heterocycles. The molecule has 2 aromatic carbocycles. The van der Waals surface area contributed by atoms with Crippen LogP contribution in [0.3, 0.4) is 0 Å². The number of benzene rings is 2. The van der Waals surface area contributed by atoms with E-state index in [1.807, 2.05) is 35.9 Å². The number of nitrogens with zero attached hydrogens (tertiary/aromatic N) is 2. The number of rotatable bonds is 3. The minimum atomic E-state index is -0.638. The van der Waals surface area contributed by atoms with Gasteiger partial charge in [0.2, 0.25) is 0 Å². The summed E-state index contributed by atoms with van der Waals surface area (Å²) in [6, 6.07) is 10.1. The van der Waals surface area contributed by atoms with Gasteiger partial charge in [0, 0.05) is 11.5 Å². The Bertz CT molecular complexity index is 791. The molecular weight excluding hydrogens is 340 g/mol. The first kappa shape index (κ1) is 14.0. The van der Waals surface area contributed by atoms with Gasteiger partial charge in [0.25, 0.3) is 0 Å². The minimum Gasteiger partial charge on any atom is -0.373 e. The third-order valence-corrected chi connectivity index (χ3v) is 3.77. The van der Waals surface area contributed by atoms with Gasteiger partial charge in [0.15, 0.2) is 0 Å². The number of hydrogen-bond acceptors (Lipinski definition) is 2. The predicted molar refractivity (Wildman–Crippen MR) is 82.1 cm³/mol. The van der Waals surface area contributed by atoms with Gasteiger partial charge in [-0.3, -0.25) is 0 Å². The average Bonchev–Trinajstić information content (AvgIpc) is 2.75. The van der Waals surface area contributed by atoms with Crippen LogP contribution in [-0.2, 0) is 13.6 Å². The molecule has 0 aliphatic heterocycles. The highest BCUT2D eigenvalue weighted by Crippen LogP contribution is 2.24. The topological polar surface area (TPSA) is 29.9 Å². The van der Waals surface area contributed by atoms with Crippen molar-refractivity contribution in [1.29, 1.82) is 0 Å². The van der Waals surface area contributed by atoms with Crippen LogP contribution < -0.4 is 5.32 Å². The van der Waals surface area contributed by atoms with E-state index >= 15 is 0 Å². The summed E-state index contributed by atoms with van der Waals surface area (Å²) >= 11 is 3.05. The van der Waals surface area contributed by atoms with Crippen molar-refractivity contribution in [1.82, 2.24) is 9.55 Å². The van der Waals surface area contributed by atoms with Crippen LogP contribution in [0.1, 0.15) is 5.82 Å². The number of imidazole rings is 1. The van der Waals surface area contributed by atoms with Crippen LogP contribution in [-0.4, -0.2) is 9.55 Å². The van der Waals surface area contributed by atoms with Gasteiger partial charge in [0.05, 0.1) is 17.6 Å². The summed E-state index contributed by atoms with van der Waals surface area (Å²) in [5, 5.41) is 2.77. The summed E-state index contributed by atoms with van der Waals surface area (Å²) in [5.41, 5.74) is 1.69. The molecule has 0 atom stereocenters. The first-order chi connectivity index (χ1) is 10.1. The van der Waals surface area contributed by atoms with E-state index in [4.69, 9.17) is 0 Å². The van der Waals surface area contributed by atoms with E-state index in [1.54, 1.807) is 0 Å². The lowest BCUT2D eigenvalue weighted by atomic mass is 10.3. The van der Waals surface area contributed by atoms with E-state index in [0.717, 1.165) is 11.0 Å². The highest BCUT2D eigenvalue weighted by atomic mass is 79.9. The second-order valence-corrected chi connectivity index (χ2v) is 5.59. The lowest BCUT2D eigenvalue weighted by Gasteiger charge is -2.09. The zero-order valence-electron chi connectivity index (χ0n) is 11.2. The molecule has 3 nitrogen and oxygen atoms in total. The van der Waals surface area contributed by atoms with Crippen LogP contribution in [0.4, 0.5) is 14.5 Å². The molecule has 3 aromatic rings. The Labute approximate surface area is 128 Å². The van der Waals surface area contributed by atoms with Crippen molar-refractivity contribution >= 4 is 32.7 Å². The largest absolute Gasteiger partial charge is 0.373 e. The van der Waals surface area contributed by atoms with E-state index in [0.29, 0.717) is 10.3 Å². The van der Waals surface area contributed by atoms with E-state index in [2.05, 4.69) is 26.2 Å². The molecular formula is C15H12BrF2N3. The van der Waals surface area contributed by atoms with E-state index in [-0.39, 0.29) is 12.2 Å². The fourth-order valence-corrected chi connectivity index (χ4v) is 2.63. The quantitative estimate of drug-likeness (QED) is 0.765. The Balaban J connectivity index is 1.89. The Morgan fingerprint density at radius 2 is 1.86 bits per heavy atom. The molecule has 0 saturated carbocycles. The average molecular weight is 352 g/mol. The van der Waals surface area contributed by atoms with E-state index in [9.17, 15) is 8.78 Å². The van der Waals surface area contributed by atoms with E-state index in [1.165, 1.54) is 12.1 Å². The van der Waals surface area contributed by atoms with Crippen molar-refractivity contribution in [3.63, 3.8) is 0 Å². The van der Waals surface area contributed by atoms with Gasteiger partial charge in [-0.05, 0) is 24.3 Å². The maximum absolute atomic E-state index is 13.8. The van der Waals surface area contributed by atoms with Gasteiger partial charge in [-0.2, -0.15) is 0 Å². The highest BCUT2D eigenvalue weighted by Gasteiger charge is 2.12. The number of aryl methyl sites for hydroxylation is 1. The lowest BCUT2D eigenvalue weighted by molar-refractivity contribution is 0.586. The van der Waals surface area contributed by atoms with Crippen molar-refractivity contribution in [2.24, 2.45) is 7.05 Å². The molecule has 0 fully saturated rings. The van der Waals surface area contributed by atoms with Crippen LogP contribution in [0.25, 0.3) is 11.0 Å². The highest BCUT2D eigenvalue weighted by molar-refractivity contribution is 9.10. The molecule has 1 N–H and O–H groups in total. The number of para-hydroxylation sites is 2. The molecule has 21 heavy (non-hydrogen) atoms. The Hall–Kier alpha value is -1.95. The summed E-state index contributed by atoms with van der Waals surface area (Å²) < 4.78 is 29.8. The zero-order chi connectivity index (χ0) is 15.0. The SMILES string of the molecule is Cn1c(CNc2c(F)cc(Br)cc2F)nc2ccccc21. The molecule has 0 bridgehead atoms. The number of anilines is 1. The number of aromatic nitrogens is 2. The van der Waals surface area contributed by atoms with Crippen LogP contribution >= 0.6 is 15.9 Å². The van der Waals surface area contributed by atoms with Gasteiger partial charge >= 0.3 is 0 Å². The maximum atomic E-state index is 13.8. The van der Waals surface area contributed by atoms with E-state index < -0.39 is 11.6 Å². The maximum Gasteiger partial charge on any atom is 0.150 e. The summed E-state index contributed by atoms with van der Waals surface area (Å²) in [6.45, 7) is 0.237. The zero-order valence-corrected chi connectivity index (χ0v) is 12.8. The standard InChI is InChI=1S/C15H12BrF2N3/c1-21-13-5-3-2-4-12(13)20-14(21)8-19-15-10(17)6-9(16)7-11(15)18/h2-7,19H,8H2,1H3. The van der Waals surface area contributed by atoms with Crippen molar-refractivity contribution in [3.05, 3.63) is 58.3 Å². The molecule has 0 aliphatic carbocycles. The fraction of sp³-hybridized carbons (Fsp3) is 0.133. The number of fused-ring (bicyclic) bond motifs is 1. The van der Waals surface area contributed by atoms with Crippen molar-refractivity contribution in [2.75, 3.05) is 5.32 Å². The molecule has 108 valence electrons. The van der Waals surface area contributed by atoms with Crippen LogP contribution in [0.15, 0.2) is 40.9 Å². The lowest BCUT2D eigenvalue weighted by Crippen LogP contribution is -2.08. The van der Waals surface area contributed by atoms with Crippen LogP contribution in [0, 0.1) is 11.6 Å². The van der Waals surface area contributed by atoms with Gasteiger partial charge in [-0.25, -0.2) is 13.8 Å². The third-order valence-electron chi connectivity index (χ3n) is 3.31. The molecule has 0 unspecified atom stereocenters. The number of nitrogens with one attached hydrogen (secondary N) is 1. The predicted octanol–water partition coefficient (Wildman–Crippen LogP) is 4.23. The fourth-order valence-electron chi connectivity index (χ4n) is 2.23. The second kappa shape index (κ2) is 5.44. The molecule has 3 rings (SSSR count). The monoisotopic (exact) mass is 351 g/mol. The molecule has 0 aliphatic rings. The molecule has 6 heteroatoms. The first-order valence-electron chi connectivity index (χ1n) is 6.35. The third kappa shape index (κ3) is 2.63. The second-order valence-electron chi connectivity index (χ2n) is 4.67. The van der Waals surface area contributed by atoms with Crippen molar-refractivity contribution in [2.45, 2.75) is 6.54 Å². The van der Waals surface area contributed by atoms with Crippen LogP contribution in [0.5, 0.6) is 0 Å². The molecule has 0 spiro atoms. The van der Waals surface area contributed by atoms with Gasteiger partial charge < -0.3 is 9.88 Å². The Morgan fingerprint density at radius 3 is 2.52 bits per heavy atom. The summed E-state index contributed by atoms with van der Waals surface area (Å²) in [6.07, 6.45) is 0. The summed E-state index contributed by atoms with van der Waals surface area (Å²) in [7, 11) is 1.88.